The van der Waals surface area contributed by atoms with Crippen LogP contribution in [0, 0.1) is 10.6 Å². The van der Waals surface area contributed by atoms with Crippen molar-refractivity contribution in [3.05, 3.63) is 58.9 Å². The van der Waals surface area contributed by atoms with Gasteiger partial charge in [0.2, 0.25) is 0 Å². The first-order valence-electron chi connectivity index (χ1n) is 5.96. The van der Waals surface area contributed by atoms with Crippen LogP contribution in [0.5, 0.6) is 0 Å². The number of nitrogens with one attached hydrogen (secondary N) is 1. The van der Waals surface area contributed by atoms with Crippen molar-refractivity contribution in [1.29, 1.82) is 0 Å². The minimum absolute atomic E-state index is 0.0645. The van der Waals surface area contributed by atoms with Crippen LogP contribution >= 0.6 is 12.2 Å². The number of nitrogens with zero attached hydrogens (tertiary/aromatic N) is 2. The summed E-state index contributed by atoms with van der Waals surface area (Å²) >= 11 is 5.34. The monoisotopic (exact) mass is 273 g/mol. The number of hydrogen-bond acceptors (Lipinski definition) is 2. The summed E-state index contributed by atoms with van der Waals surface area (Å²) in [6, 6.07) is 8.62. The molecule has 0 saturated heterocycles. The Morgan fingerprint density at radius 1 is 1.26 bits per heavy atom. The molecule has 19 heavy (non-hydrogen) atoms. The van der Waals surface area contributed by atoms with Crippen molar-refractivity contribution in [2.45, 2.75) is 13.0 Å². The molecule has 0 aliphatic heterocycles. The van der Waals surface area contributed by atoms with Crippen molar-refractivity contribution >= 4 is 23.3 Å². The summed E-state index contributed by atoms with van der Waals surface area (Å²) in [5.41, 5.74) is 2.72. The molecule has 96 valence electrons. The zero-order valence-corrected chi connectivity index (χ0v) is 11.1. The van der Waals surface area contributed by atoms with Crippen LogP contribution in [0.1, 0.15) is 18.5 Å². The molecule has 0 bridgehead atoms. The summed E-state index contributed by atoms with van der Waals surface area (Å²) < 4.78 is 15.8. The van der Waals surface area contributed by atoms with Gasteiger partial charge in [0.15, 0.2) is 4.77 Å². The van der Waals surface area contributed by atoms with Crippen molar-refractivity contribution in [3.63, 3.8) is 0 Å². The normalized spacial score (nSPS) is 12.7. The smallest absolute Gasteiger partial charge is 0.178 e. The van der Waals surface area contributed by atoms with Gasteiger partial charge in [-0.15, -0.1) is 0 Å². The number of hydrogen-bond donors (Lipinski definition) is 1. The molecular weight excluding hydrogens is 261 g/mol. The lowest BCUT2D eigenvalue weighted by Gasteiger charge is -2.14. The lowest BCUT2D eigenvalue weighted by atomic mass is 10.1. The predicted octanol–water partition coefficient (Wildman–Crippen LogP) is 3.84. The summed E-state index contributed by atoms with van der Waals surface area (Å²) in [5.74, 6) is -0.271. The SMILES string of the molecule is CC(c1ccncc1)n1c(=S)[nH]c2cc(F)ccc21. The molecule has 3 nitrogen and oxygen atoms in total. The fraction of sp³-hybridized carbons (Fsp3) is 0.143. The Bertz CT molecular complexity index is 776. The molecule has 2 heterocycles. The van der Waals surface area contributed by atoms with Crippen LogP contribution in [-0.2, 0) is 0 Å². The second-order valence-electron chi connectivity index (χ2n) is 4.42. The molecule has 1 aromatic carbocycles. The molecule has 0 amide bonds. The van der Waals surface area contributed by atoms with E-state index in [9.17, 15) is 4.39 Å². The summed E-state index contributed by atoms with van der Waals surface area (Å²) in [6.45, 7) is 2.06. The molecule has 2 aromatic heterocycles. The molecule has 1 N–H and O–H groups in total. The maximum atomic E-state index is 13.2. The molecule has 0 spiro atoms. The van der Waals surface area contributed by atoms with Crippen molar-refractivity contribution in [3.8, 4) is 0 Å². The van der Waals surface area contributed by atoms with E-state index >= 15 is 0 Å². The quantitative estimate of drug-likeness (QED) is 0.720. The summed E-state index contributed by atoms with van der Waals surface area (Å²) in [4.78, 5) is 7.05. The molecule has 0 fully saturated rings. The van der Waals surface area contributed by atoms with Gasteiger partial charge in [-0.3, -0.25) is 4.98 Å². The predicted molar refractivity (Wildman–Crippen MR) is 75.1 cm³/mol. The number of benzene rings is 1. The fourth-order valence-corrected chi connectivity index (χ4v) is 2.65. The van der Waals surface area contributed by atoms with Gasteiger partial charge in [-0.2, -0.15) is 0 Å². The van der Waals surface area contributed by atoms with E-state index in [1.54, 1.807) is 18.5 Å². The first-order chi connectivity index (χ1) is 9.16. The zero-order chi connectivity index (χ0) is 13.4. The van der Waals surface area contributed by atoms with Gasteiger partial charge < -0.3 is 9.55 Å². The minimum atomic E-state index is -0.271. The molecule has 0 aliphatic carbocycles. The molecule has 5 heteroatoms. The van der Waals surface area contributed by atoms with E-state index in [4.69, 9.17) is 12.2 Å². The number of rotatable bonds is 2. The first kappa shape index (κ1) is 12.0. The van der Waals surface area contributed by atoms with Gasteiger partial charge in [0.1, 0.15) is 5.82 Å². The van der Waals surface area contributed by atoms with Gasteiger partial charge >= 0.3 is 0 Å². The average molecular weight is 273 g/mol. The molecule has 3 aromatic rings. The lowest BCUT2D eigenvalue weighted by molar-refractivity contribution is 0.628. The standard InChI is InChI=1S/C14H12FN3S/c1-9(10-4-6-16-7-5-10)18-13-3-2-11(15)8-12(13)17-14(18)19/h2-9H,1H3,(H,17,19). The van der Waals surface area contributed by atoms with E-state index in [-0.39, 0.29) is 11.9 Å². The highest BCUT2D eigenvalue weighted by Crippen LogP contribution is 2.24. The second-order valence-corrected chi connectivity index (χ2v) is 4.80. The number of imidazole rings is 1. The van der Waals surface area contributed by atoms with Crippen LogP contribution in [0.15, 0.2) is 42.7 Å². The number of aromatic amines is 1. The summed E-state index contributed by atoms with van der Waals surface area (Å²) in [5, 5.41) is 0. The molecule has 0 aliphatic rings. The first-order valence-corrected chi connectivity index (χ1v) is 6.37. The molecule has 1 atom stereocenters. The van der Waals surface area contributed by atoms with Gasteiger partial charge in [-0.25, -0.2) is 4.39 Å². The van der Waals surface area contributed by atoms with Gasteiger partial charge in [0, 0.05) is 12.4 Å². The van der Waals surface area contributed by atoms with E-state index in [2.05, 4.69) is 16.9 Å². The van der Waals surface area contributed by atoms with Crippen LogP contribution in [0.4, 0.5) is 4.39 Å². The van der Waals surface area contributed by atoms with Crippen molar-refractivity contribution in [1.82, 2.24) is 14.5 Å². The number of fused-ring (bicyclic) bond motifs is 1. The Kier molecular flexibility index (Phi) is 2.91. The summed E-state index contributed by atoms with van der Waals surface area (Å²) in [7, 11) is 0. The third-order valence-corrected chi connectivity index (χ3v) is 3.55. The third-order valence-electron chi connectivity index (χ3n) is 3.25. The minimum Gasteiger partial charge on any atom is -0.330 e. The number of halogens is 1. The van der Waals surface area contributed by atoms with E-state index in [0.29, 0.717) is 10.3 Å². The van der Waals surface area contributed by atoms with Crippen molar-refractivity contribution in [2.24, 2.45) is 0 Å². The number of pyridine rings is 1. The van der Waals surface area contributed by atoms with Gasteiger partial charge in [0.05, 0.1) is 17.1 Å². The van der Waals surface area contributed by atoms with Crippen LogP contribution in [-0.4, -0.2) is 14.5 Å². The molecule has 0 radical (unpaired) electrons. The van der Waals surface area contributed by atoms with Crippen molar-refractivity contribution < 1.29 is 4.39 Å². The zero-order valence-electron chi connectivity index (χ0n) is 10.3. The highest BCUT2D eigenvalue weighted by atomic mass is 32.1. The van der Waals surface area contributed by atoms with E-state index in [1.807, 2.05) is 16.7 Å². The largest absolute Gasteiger partial charge is 0.330 e. The molecule has 0 saturated carbocycles. The Balaban J connectivity index is 2.20. The van der Waals surface area contributed by atoms with Crippen LogP contribution in [0.2, 0.25) is 0 Å². The fourth-order valence-electron chi connectivity index (χ4n) is 2.28. The third kappa shape index (κ3) is 2.06. The Morgan fingerprint density at radius 2 is 2.00 bits per heavy atom. The van der Waals surface area contributed by atoms with Crippen LogP contribution < -0.4 is 0 Å². The highest BCUT2D eigenvalue weighted by molar-refractivity contribution is 7.71. The second kappa shape index (κ2) is 4.59. The van der Waals surface area contributed by atoms with Gasteiger partial charge in [0.25, 0.3) is 0 Å². The van der Waals surface area contributed by atoms with Gasteiger partial charge in [-0.1, -0.05) is 0 Å². The molecule has 1 unspecified atom stereocenters. The van der Waals surface area contributed by atoms with Crippen molar-refractivity contribution in [2.75, 3.05) is 0 Å². The Labute approximate surface area is 114 Å². The van der Waals surface area contributed by atoms with E-state index in [1.165, 1.54) is 12.1 Å². The molecule has 3 rings (SSSR count). The average Bonchev–Trinajstić information content (AvgIpc) is 2.74. The lowest BCUT2D eigenvalue weighted by Crippen LogP contribution is -2.06. The van der Waals surface area contributed by atoms with Crippen LogP contribution in [0.25, 0.3) is 11.0 Å². The van der Waals surface area contributed by atoms with E-state index < -0.39 is 0 Å². The van der Waals surface area contributed by atoms with Gasteiger partial charge in [-0.05, 0) is 55.0 Å². The number of H-pyrrole nitrogens is 1. The topological polar surface area (TPSA) is 33.6 Å². The Morgan fingerprint density at radius 3 is 2.74 bits per heavy atom. The van der Waals surface area contributed by atoms with E-state index in [0.717, 1.165) is 11.1 Å². The summed E-state index contributed by atoms with van der Waals surface area (Å²) in [6.07, 6.45) is 3.51. The number of aromatic nitrogens is 3. The van der Waals surface area contributed by atoms with Crippen LogP contribution in [0.3, 0.4) is 0 Å². The highest BCUT2D eigenvalue weighted by Gasteiger charge is 2.13. The molecular formula is C14H12FN3S. The maximum absolute atomic E-state index is 13.2. The Hall–Kier alpha value is -2.01. The maximum Gasteiger partial charge on any atom is 0.178 e.